The topological polar surface area (TPSA) is 118 Å². The van der Waals surface area contributed by atoms with Crippen LogP contribution in [-0.4, -0.2) is 46.3 Å². The van der Waals surface area contributed by atoms with Crippen LogP contribution in [0, 0.1) is 20.8 Å². The molecular formula is C21H29N5O4S. The van der Waals surface area contributed by atoms with Crippen LogP contribution in [0.15, 0.2) is 15.6 Å². The van der Waals surface area contributed by atoms with E-state index in [1.54, 1.807) is 20.8 Å². The Kier molecular flexibility index (Phi) is 6.11. The number of amides is 1. The van der Waals surface area contributed by atoms with Crippen LogP contribution < -0.4 is 5.32 Å². The van der Waals surface area contributed by atoms with Crippen LogP contribution in [0.25, 0.3) is 0 Å². The summed E-state index contributed by atoms with van der Waals surface area (Å²) in [6.07, 6.45) is 8.12. The second-order valence-corrected chi connectivity index (χ2v) is 10.3. The molecule has 0 spiro atoms. The van der Waals surface area contributed by atoms with E-state index >= 15 is 0 Å². The second-order valence-electron chi connectivity index (χ2n) is 8.45. The summed E-state index contributed by atoms with van der Waals surface area (Å²) in [6, 6.07) is -0.395. The lowest BCUT2D eigenvalue weighted by atomic mass is 9.95. The molecule has 0 radical (unpaired) electrons. The molecule has 0 aromatic carbocycles. The van der Waals surface area contributed by atoms with Gasteiger partial charge in [0.05, 0.1) is 17.3 Å². The molecule has 2 aliphatic rings. The summed E-state index contributed by atoms with van der Waals surface area (Å²) >= 11 is 0. The molecule has 3 heterocycles. The number of nitrogens with zero attached hydrogens (tertiary/aromatic N) is 4. The molecule has 1 atom stereocenters. The predicted octanol–water partition coefficient (Wildman–Crippen LogP) is 2.98. The van der Waals surface area contributed by atoms with Gasteiger partial charge in [0.15, 0.2) is 5.76 Å². The van der Waals surface area contributed by atoms with Gasteiger partial charge in [-0.1, -0.05) is 24.4 Å². The lowest BCUT2D eigenvalue weighted by Gasteiger charge is -2.26. The van der Waals surface area contributed by atoms with Crippen LogP contribution in [0.1, 0.15) is 84.3 Å². The zero-order chi connectivity index (χ0) is 22.2. The van der Waals surface area contributed by atoms with Gasteiger partial charge in [0.1, 0.15) is 16.4 Å². The van der Waals surface area contributed by atoms with Crippen molar-refractivity contribution in [1.82, 2.24) is 24.7 Å². The Bertz CT molecular complexity index is 1060. The SMILES string of the molecule is Cc1ncc(C(=O)NC2CCCCC2)c(C2CCCN2S(=O)(=O)c2c(C)noc2C)n1. The number of carbonyl (C=O) groups excluding carboxylic acids is 1. The molecule has 1 aliphatic heterocycles. The van der Waals surface area contributed by atoms with Crippen molar-refractivity contribution in [2.75, 3.05) is 6.54 Å². The summed E-state index contributed by atoms with van der Waals surface area (Å²) in [4.78, 5) is 22.0. The van der Waals surface area contributed by atoms with Gasteiger partial charge in [0.25, 0.3) is 5.91 Å². The molecule has 1 saturated carbocycles. The number of aryl methyl sites for hydroxylation is 3. The minimum Gasteiger partial charge on any atom is -0.360 e. The van der Waals surface area contributed by atoms with Gasteiger partial charge >= 0.3 is 0 Å². The van der Waals surface area contributed by atoms with Crippen molar-refractivity contribution in [2.45, 2.75) is 82.7 Å². The molecule has 0 bridgehead atoms. The van der Waals surface area contributed by atoms with Crippen LogP contribution in [0.3, 0.4) is 0 Å². The quantitative estimate of drug-likeness (QED) is 0.748. The fourth-order valence-corrected chi connectivity index (χ4v) is 6.64. The standard InChI is InChI=1S/C21H29N5O4S/c1-13-20(14(2)30-25-13)31(28,29)26-11-7-10-18(26)19-17(12-22-15(3)23-19)21(27)24-16-8-5-4-6-9-16/h12,16,18H,4-11H2,1-3H3,(H,24,27). The normalized spacial score (nSPS) is 20.8. The van der Waals surface area contributed by atoms with Crippen LogP contribution in [0.2, 0.25) is 0 Å². The smallest absolute Gasteiger partial charge is 0.254 e. The summed E-state index contributed by atoms with van der Waals surface area (Å²) in [5, 5.41) is 6.91. The van der Waals surface area contributed by atoms with Gasteiger partial charge in [-0.05, 0) is 46.5 Å². The highest BCUT2D eigenvalue weighted by molar-refractivity contribution is 7.89. The van der Waals surface area contributed by atoms with Crippen LogP contribution >= 0.6 is 0 Å². The number of aromatic nitrogens is 3. The molecule has 1 N–H and O–H groups in total. The van der Waals surface area contributed by atoms with Crippen molar-refractivity contribution in [3.05, 3.63) is 34.7 Å². The molecule has 1 unspecified atom stereocenters. The van der Waals surface area contributed by atoms with E-state index in [-0.39, 0.29) is 22.6 Å². The first-order valence-corrected chi connectivity index (χ1v) is 12.3. The lowest BCUT2D eigenvalue weighted by molar-refractivity contribution is 0.0924. The maximum Gasteiger partial charge on any atom is 0.254 e. The summed E-state index contributed by atoms with van der Waals surface area (Å²) in [5.74, 6) is 0.534. The van der Waals surface area contributed by atoms with E-state index < -0.39 is 16.1 Å². The Hall–Kier alpha value is -2.33. The molecule has 1 saturated heterocycles. The number of hydrogen-bond donors (Lipinski definition) is 1. The molecular weight excluding hydrogens is 418 g/mol. The highest BCUT2D eigenvalue weighted by Crippen LogP contribution is 2.38. The summed E-state index contributed by atoms with van der Waals surface area (Å²) in [6.45, 7) is 5.31. The monoisotopic (exact) mass is 447 g/mol. The maximum absolute atomic E-state index is 13.5. The lowest BCUT2D eigenvalue weighted by Crippen LogP contribution is -2.38. The average Bonchev–Trinajstić information content (AvgIpc) is 3.36. The van der Waals surface area contributed by atoms with E-state index in [2.05, 4.69) is 20.4 Å². The fraction of sp³-hybridized carbons (Fsp3) is 0.619. The summed E-state index contributed by atoms with van der Waals surface area (Å²) in [7, 11) is -3.85. The number of carbonyl (C=O) groups is 1. The van der Waals surface area contributed by atoms with Crippen molar-refractivity contribution < 1.29 is 17.7 Å². The number of sulfonamides is 1. The molecule has 2 aromatic rings. The largest absolute Gasteiger partial charge is 0.360 e. The van der Waals surface area contributed by atoms with Crippen molar-refractivity contribution in [3.63, 3.8) is 0 Å². The second kappa shape index (κ2) is 8.66. The molecule has 31 heavy (non-hydrogen) atoms. The Balaban J connectivity index is 1.68. The first-order valence-electron chi connectivity index (χ1n) is 10.9. The van der Waals surface area contributed by atoms with E-state index in [9.17, 15) is 13.2 Å². The fourth-order valence-electron chi connectivity index (χ4n) is 4.69. The average molecular weight is 448 g/mol. The van der Waals surface area contributed by atoms with Gasteiger partial charge in [-0.2, -0.15) is 4.31 Å². The van der Waals surface area contributed by atoms with E-state index in [4.69, 9.17) is 4.52 Å². The maximum atomic E-state index is 13.5. The molecule has 10 heteroatoms. The Morgan fingerprint density at radius 3 is 2.55 bits per heavy atom. The first kappa shape index (κ1) is 21.9. The Labute approximate surface area is 182 Å². The van der Waals surface area contributed by atoms with Gasteiger partial charge in [0, 0.05) is 18.8 Å². The Morgan fingerprint density at radius 2 is 1.87 bits per heavy atom. The third-order valence-corrected chi connectivity index (χ3v) is 8.33. The van der Waals surface area contributed by atoms with Gasteiger partial charge in [-0.3, -0.25) is 4.79 Å². The third kappa shape index (κ3) is 4.23. The van der Waals surface area contributed by atoms with Gasteiger partial charge < -0.3 is 9.84 Å². The van der Waals surface area contributed by atoms with E-state index in [1.165, 1.54) is 16.9 Å². The van der Waals surface area contributed by atoms with Gasteiger partial charge in [-0.15, -0.1) is 0 Å². The highest BCUT2D eigenvalue weighted by Gasteiger charge is 2.41. The first-order chi connectivity index (χ1) is 14.8. The zero-order valence-corrected chi connectivity index (χ0v) is 19.0. The van der Waals surface area contributed by atoms with Crippen molar-refractivity contribution >= 4 is 15.9 Å². The van der Waals surface area contributed by atoms with Gasteiger partial charge in [0.2, 0.25) is 10.0 Å². The van der Waals surface area contributed by atoms with Gasteiger partial charge in [-0.25, -0.2) is 18.4 Å². The predicted molar refractivity (Wildman–Crippen MR) is 113 cm³/mol. The molecule has 4 rings (SSSR count). The molecule has 9 nitrogen and oxygen atoms in total. The molecule has 1 amide bonds. The molecule has 2 aromatic heterocycles. The molecule has 168 valence electrons. The van der Waals surface area contributed by atoms with Crippen LogP contribution in [-0.2, 0) is 10.0 Å². The van der Waals surface area contributed by atoms with Crippen molar-refractivity contribution in [1.29, 1.82) is 0 Å². The van der Waals surface area contributed by atoms with E-state index in [0.717, 1.165) is 25.7 Å². The van der Waals surface area contributed by atoms with Crippen molar-refractivity contribution in [3.8, 4) is 0 Å². The zero-order valence-electron chi connectivity index (χ0n) is 18.2. The third-order valence-electron chi connectivity index (χ3n) is 6.18. The highest BCUT2D eigenvalue weighted by atomic mass is 32.2. The van der Waals surface area contributed by atoms with E-state index in [1.807, 2.05) is 0 Å². The van der Waals surface area contributed by atoms with E-state index in [0.29, 0.717) is 42.2 Å². The minimum absolute atomic E-state index is 0.0957. The molecule has 2 fully saturated rings. The minimum atomic E-state index is -3.85. The summed E-state index contributed by atoms with van der Waals surface area (Å²) in [5.41, 5.74) is 1.15. The summed E-state index contributed by atoms with van der Waals surface area (Å²) < 4.78 is 33.5. The molecule has 1 aliphatic carbocycles. The van der Waals surface area contributed by atoms with Crippen LogP contribution in [0.5, 0.6) is 0 Å². The number of rotatable bonds is 5. The van der Waals surface area contributed by atoms with Crippen molar-refractivity contribution in [2.24, 2.45) is 0 Å². The van der Waals surface area contributed by atoms with Crippen LogP contribution in [0.4, 0.5) is 0 Å². The Morgan fingerprint density at radius 1 is 1.13 bits per heavy atom. The number of nitrogens with one attached hydrogen (secondary N) is 1. The number of hydrogen-bond acceptors (Lipinski definition) is 7.